The van der Waals surface area contributed by atoms with E-state index in [4.69, 9.17) is 5.11 Å². The first-order chi connectivity index (χ1) is 7.95. The topological polar surface area (TPSA) is 53.4 Å². The number of hydrogen-bond donors (Lipinski definition) is 1. The van der Waals surface area contributed by atoms with E-state index in [1.807, 2.05) is 14.0 Å². The van der Waals surface area contributed by atoms with Crippen LogP contribution < -0.4 is 4.90 Å². The van der Waals surface area contributed by atoms with Gasteiger partial charge in [-0.25, -0.2) is 9.78 Å². The van der Waals surface area contributed by atoms with Crippen LogP contribution in [-0.4, -0.2) is 29.7 Å². The second-order valence-electron chi connectivity index (χ2n) is 4.56. The van der Waals surface area contributed by atoms with E-state index >= 15 is 0 Å². The summed E-state index contributed by atoms with van der Waals surface area (Å²) in [6.45, 7) is 7.17. The molecule has 0 fully saturated rings. The average molecular weight is 236 g/mol. The van der Waals surface area contributed by atoms with Gasteiger partial charge in [-0.15, -0.1) is 0 Å². The monoisotopic (exact) mass is 236 g/mol. The summed E-state index contributed by atoms with van der Waals surface area (Å²) in [7, 11) is 1.99. The molecular formula is C13H20N2O2. The summed E-state index contributed by atoms with van der Waals surface area (Å²) in [5, 5.41) is 8.87. The van der Waals surface area contributed by atoms with Crippen molar-refractivity contribution in [2.45, 2.75) is 27.2 Å². The minimum Gasteiger partial charge on any atom is -0.478 e. The molecule has 0 amide bonds. The summed E-state index contributed by atoms with van der Waals surface area (Å²) >= 11 is 0. The highest BCUT2D eigenvalue weighted by molar-refractivity contribution is 5.87. The van der Waals surface area contributed by atoms with E-state index in [0.717, 1.165) is 24.3 Å². The number of aromatic nitrogens is 1. The Morgan fingerprint density at radius 3 is 2.71 bits per heavy atom. The maximum absolute atomic E-state index is 10.8. The van der Waals surface area contributed by atoms with Crippen LogP contribution in [0, 0.1) is 12.8 Å². The molecule has 0 aliphatic rings. The van der Waals surface area contributed by atoms with E-state index in [-0.39, 0.29) is 5.56 Å². The fourth-order valence-electron chi connectivity index (χ4n) is 1.77. The number of aryl methyl sites for hydroxylation is 1. The van der Waals surface area contributed by atoms with Gasteiger partial charge in [0.25, 0.3) is 0 Å². The maximum Gasteiger partial charge on any atom is 0.337 e. The highest BCUT2D eigenvalue weighted by Crippen LogP contribution is 2.18. The van der Waals surface area contributed by atoms with E-state index in [9.17, 15) is 4.79 Å². The van der Waals surface area contributed by atoms with E-state index in [1.54, 1.807) is 6.07 Å². The Morgan fingerprint density at radius 1 is 1.59 bits per heavy atom. The number of nitrogens with zero attached hydrogens (tertiary/aromatic N) is 2. The van der Waals surface area contributed by atoms with Gasteiger partial charge in [0.2, 0.25) is 0 Å². The summed E-state index contributed by atoms with van der Waals surface area (Å²) in [5.74, 6) is 0.521. The number of carbonyl (C=O) groups is 1. The molecule has 1 unspecified atom stereocenters. The molecule has 0 radical (unpaired) electrons. The van der Waals surface area contributed by atoms with Gasteiger partial charge in [0.1, 0.15) is 5.82 Å². The van der Waals surface area contributed by atoms with Crippen LogP contribution >= 0.6 is 0 Å². The lowest BCUT2D eigenvalue weighted by molar-refractivity contribution is 0.0696. The molecule has 1 atom stereocenters. The summed E-state index contributed by atoms with van der Waals surface area (Å²) in [4.78, 5) is 17.1. The molecule has 0 aromatic carbocycles. The van der Waals surface area contributed by atoms with Gasteiger partial charge in [0.05, 0.1) is 5.56 Å². The second-order valence-corrected chi connectivity index (χ2v) is 4.56. The molecule has 0 spiro atoms. The molecule has 1 aromatic heterocycles. The quantitative estimate of drug-likeness (QED) is 0.853. The minimum atomic E-state index is -0.934. The third-order valence-electron chi connectivity index (χ3n) is 2.94. The van der Waals surface area contributed by atoms with E-state index in [1.165, 1.54) is 6.20 Å². The molecule has 4 nitrogen and oxygen atoms in total. The van der Waals surface area contributed by atoms with Crippen LogP contribution in [0.15, 0.2) is 12.3 Å². The Hall–Kier alpha value is -1.58. The fraction of sp³-hybridized carbons (Fsp3) is 0.538. The largest absolute Gasteiger partial charge is 0.478 e. The lowest BCUT2D eigenvalue weighted by Crippen LogP contribution is -2.25. The lowest BCUT2D eigenvalue weighted by atomic mass is 10.1. The van der Waals surface area contributed by atoms with Gasteiger partial charge in [-0.3, -0.25) is 0 Å². The molecule has 94 valence electrons. The highest BCUT2D eigenvalue weighted by atomic mass is 16.4. The van der Waals surface area contributed by atoms with Gasteiger partial charge in [-0.2, -0.15) is 0 Å². The number of carboxylic acids is 1. The van der Waals surface area contributed by atoms with Crippen molar-refractivity contribution in [2.75, 3.05) is 18.5 Å². The third kappa shape index (κ3) is 3.44. The Kier molecular flexibility index (Phi) is 4.49. The lowest BCUT2D eigenvalue weighted by Gasteiger charge is -2.23. The maximum atomic E-state index is 10.8. The smallest absolute Gasteiger partial charge is 0.337 e. The van der Waals surface area contributed by atoms with Crippen molar-refractivity contribution in [3.05, 3.63) is 23.4 Å². The molecule has 0 saturated carbocycles. The predicted molar refractivity (Wildman–Crippen MR) is 68.7 cm³/mol. The molecular weight excluding hydrogens is 216 g/mol. The van der Waals surface area contributed by atoms with Crippen LogP contribution in [0.1, 0.15) is 36.2 Å². The molecule has 4 heteroatoms. The van der Waals surface area contributed by atoms with Gasteiger partial charge in [0.15, 0.2) is 0 Å². The van der Waals surface area contributed by atoms with E-state index in [2.05, 4.69) is 23.7 Å². The molecule has 1 aromatic rings. The predicted octanol–water partition coefficient (Wildman–Crippen LogP) is 2.57. The molecule has 0 saturated heterocycles. The van der Waals surface area contributed by atoms with Crippen molar-refractivity contribution in [3.8, 4) is 0 Å². The van der Waals surface area contributed by atoms with Crippen LogP contribution in [0.3, 0.4) is 0 Å². The fourth-order valence-corrected chi connectivity index (χ4v) is 1.77. The Bertz CT molecular complexity index is 404. The van der Waals surface area contributed by atoms with Crippen molar-refractivity contribution in [3.63, 3.8) is 0 Å². The Labute approximate surface area is 102 Å². The zero-order chi connectivity index (χ0) is 13.0. The first-order valence-electron chi connectivity index (χ1n) is 5.86. The number of rotatable bonds is 5. The van der Waals surface area contributed by atoms with Crippen LogP contribution in [0.4, 0.5) is 5.82 Å². The minimum absolute atomic E-state index is 0.239. The van der Waals surface area contributed by atoms with Crippen LogP contribution in [0.5, 0.6) is 0 Å². The van der Waals surface area contributed by atoms with Crippen molar-refractivity contribution in [1.82, 2.24) is 4.98 Å². The zero-order valence-corrected chi connectivity index (χ0v) is 10.9. The van der Waals surface area contributed by atoms with Gasteiger partial charge >= 0.3 is 5.97 Å². The van der Waals surface area contributed by atoms with Gasteiger partial charge < -0.3 is 10.0 Å². The summed E-state index contributed by atoms with van der Waals surface area (Å²) in [6, 6.07) is 1.66. The molecule has 1 N–H and O–H groups in total. The van der Waals surface area contributed by atoms with Crippen LogP contribution in [0.25, 0.3) is 0 Å². The van der Waals surface area contributed by atoms with Crippen molar-refractivity contribution in [1.29, 1.82) is 0 Å². The number of carboxylic acid groups (broad SMARTS) is 1. The van der Waals surface area contributed by atoms with Crippen molar-refractivity contribution < 1.29 is 9.90 Å². The Balaban J connectivity index is 2.88. The van der Waals surface area contributed by atoms with Gasteiger partial charge in [-0.1, -0.05) is 20.3 Å². The Morgan fingerprint density at radius 2 is 2.24 bits per heavy atom. The van der Waals surface area contributed by atoms with Crippen molar-refractivity contribution >= 4 is 11.8 Å². The van der Waals surface area contributed by atoms with E-state index in [0.29, 0.717) is 5.92 Å². The number of aromatic carboxylic acids is 1. The second kappa shape index (κ2) is 5.66. The number of anilines is 1. The van der Waals surface area contributed by atoms with Crippen LogP contribution in [0.2, 0.25) is 0 Å². The first-order valence-corrected chi connectivity index (χ1v) is 5.86. The van der Waals surface area contributed by atoms with Gasteiger partial charge in [-0.05, 0) is 24.5 Å². The molecule has 1 rings (SSSR count). The summed E-state index contributed by atoms with van der Waals surface area (Å²) < 4.78 is 0. The highest BCUT2D eigenvalue weighted by Gasteiger charge is 2.12. The molecule has 1 heterocycles. The average Bonchev–Trinajstić information content (AvgIpc) is 2.28. The first kappa shape index (κ1) is 13.5. The molecule has 17 heavy (non-hydrogen) atoms. The van der Waals surface area contributed by atoms with Gasteiger partial charge in [0, 0.05) is 19.8 Å². The third-order valence-corrected chi connectivity index (χ3v) is 2.94. The SMILES string of the molecule is CCC(C)CN(C)c1ncc(C(=O)O)cc1C. The molecule has 0 aliphatic carbocycles. The molecule has 0 bridgehead atoms. The number of pyridine rings is 1. The van der Waals surface area contributed by atoms with E-state index < -0.39 is 5.97 Å². The summed E-state index contributed by atoms with van der Waals surface area (Å²) in [6.07, 6.45) is 2.54. The summed E-state index contributed by atoms with van der Waals surface area (Å²) in [5.41, 5.74) is 1.14. The zero-order valence-electron chi connectivity index (χ0n) is 10.9. The number of hydrogen-bond acceptors (Lipinski definition) is 3. The normalized spacial score (nSPS) is 12.2. The van der Waals surface area contributed by atoms with Crippen LogP contribution in [-0.2, 0) is 0 Å². The molecule has 0 aliphatic heterocycles. The standard InChI is InChI=1S/C13H20N2O2/c1-5-9(2)8-15(4)12-10(3)6-11(7-14-12)13(16)17/h6-7,9H,5,8H2,1-4H3,(H,16,17). The van der Waals surface area contributed by atoms with Crippen molar-refractivity contribution in [2.24, 2.45) is 5.92 Å².